The van der Waals surface area contributed by atoms with Gasteiger partial charge in [-0.1, -0.05) is 11.3 Å². The highest BCUT2D eigenvalue weighted by molar-refractivity contribution is 7.89. The van der Waals surface area contributed by atoms with Crippen LogP contribution < -0.4 is 4.80 Å². The molecular formula is C27H33N3O7S2. The van der Waals surface area contributed by atoms with Crippen molar-refractivity contribution in [2.24, 2.45) is 4.99 Å². The number of ether oxygens (including phenoxy) is 3. The summed E-state index contributed by atoms with van der Waals surface area (Å²) in [5.74, 6) is -0.923. The van der Waals surface area contributed by atoms with E-state index in [1.807, 2.05) is 11.5 Å². The Bertz CT molecular complexity index is 1490. The number of hydrogen-bond acceptors (Lipinski definition) is 8. The maximum absolute atomic E-state index is 13.1. The first-order valence-electron chi connectivity index (χ1n) is 12.9. The molecule has 2 aromatic carbocycles. The van der Waals surface area contributed by atoms with Crippen LogP contribution in [0, 0.1) is 0 Å². The summed E-state index contributed by atoms with van der Waals surface area (Å²) in [6.45, 7) is 6.30. The van der Waals surface area contributed by atoms with E-state index in [9.17, 15) is 18.0 Å². The number of sulfonamides is 1. The molecule has 1 unspecified atom stereocenters. The fourth-order valence-corrected chi connectivity index (χ4v) is 6.59. The first-order valence-corrected chi connectivity index (χ1v) is 15.2. The number of amides is 1. The SMILES string of the molecule is CCOCCn1c(=NC(=O)c2ccc(S(=O)(=O)N(C)CC3CCCO3)cc2)sc2cc(C(=O)OCC)ccc21. The topological polar surface area (TPSA) is 117 Å². The van der Waals surface area contributed by atoms with Crippen molar-refractivity contribution in [3.63, 3.8) is 0 Å². The van der Waals surface area contributed by atoms with Crippen LogP contribution in [0.2, 0.25) is 0 Å². The molecule has 1 aliphatic rings. The van der Waals surface area contributed by atoms with Gasteiger partial charge in [-0.3, -0.25) is 4.79 Å². The van der Waals surface area contributed by atoms with Gasteiger partial charge < -0.3 is 18.8 Å². The van der Waals surface area contributed by atoms with Crippen LogP contribution in [0.4, 0.5) is 0 Å². The molecule has 4 rings (SSSR count). The Kier molecular flexibility index (Phi) is 9.67. The molecule has 2 heterocycles. The van der Waals surface area contributed by atoms with E-state index in [1.165, 1.54) is 47.0 Å². The summed E-state index contributed by atoms with van der Waals surface area (Å²) >= 11 is 1.28. The van der Waals surface area contributed by atoms with Crippen molar-refractivity contribution < 1.29 is 32.2 Å². The summed E-state index contributed by atoms with van der Waals surface area (Å²) in [7, 11) is -2.19. The van der Waals surface area contributed by atoms with Gasteiger partial charge in [0.1, 0.15) is 0 Å². The van der Waals surface area contributed by atoms with Crippen molar-refractivity contribution in [1.29, 1.82) is 0 Å². The molecule has 1 aliphatic heterocycles. The predicted molar refractivity (Wildman–Crippen MR) is 147 cm³/mol. The second-order valence-electron chi connectivity index (χ2n) is 9.00. The van der Waals surface area contributed by atoms with Gasteiger partial charge in [0.05, 0.1) is 40.0 Å². The lowest BCUT2D eigenvalue weighted by Gasteiger charge is -2.20. The van der Waals surface area contributed by atoms with Crippen LogP contribution in [0.5, 0.6) is 0 Å². The van der Waals surface area contributed by atoms with Crippen LogP contribution in [-0.4, -0.2) is 75.3 Å². The molecule has 12 heteroatoms. The summed E-state index contributed by atoms with van der Waals surface area (Å²) in [6, 6.07) is 11.0. The fraction of sp³-hybridized carbons (Fsp3) is 0.444. The zero-order valence-corrected chi connectivity index (χ0v) is 23.9. The monoisotopic (exact) mass is 575 g/mol. The number of hydrogen-bond donors (Lipinski definition) is 0. The van der Waals surface area contributed by atoms with Crippen LogP contribution in [0.25, 0.3) is 10.2 Å². The molecule has 3 aromatic rings. The standard InChI is InChI=1S/C27H33N3O7S2/c1-4-35-16-14-30-23-13-10-20(26(32)36-5-2)17-24(23)38-27(30)28-25(31)19-8-11-22(12-9-19)39(33,34)29(3)18-21-7-6-15-37-21/h8-13,17,21H,4-7,14-16,18H2,1-3H3. The van der Waals surface area contributed by atoms with Crippen molar-refractivity contribution in [2.75, 3.05) is 40.0 Å². The van der Waals surface area contributed by atoms with Crippen LogP contribution >= 0.6 is 11.3 Å². The summed E-state index contributed by atoms with van der Waals surface area (Å²) in [6.07, 6.45) is 1.66. The van der Waals surface area contributed by atoms with Crippen LogP contribution in [0.3, 0.4) is 0 Å². The highest BCUT2D eigenvalue weighted by Gasteiger charge is 2.26. The van der Waals surface area contributed by atoms with Crippen molar-refractivity contribution in [1.82, 2.24) is 8.87 Å². The molecule has 0 N–H and O–H groups in total. The lowest BCUT2D eigenvalue weighted by molar-refractivity contribution is 0.0526. The van der Waals surface area contributed by atoms with E-state index in [1.54, 1.807) is 25.1 Å². The predicted octanol–water partition coefficient (Wildman–Crippen LogP) is 3.46. The van der Waals surface area contributed by atoms with Gasteiger partial charge in [-0.05, 0) is 69.2 Å². The molecule has 39 heavy (non-hydrogen) atoms. The van der Waals surface area contributed by atoms with Gasteiger partial charge in [0.15, 0.2) is 4.80 Å². The number of carbonyl (C=O) groups is 2. The van der Waals surface area contributed by atoms with E-state index < -0.39 is 21.9 Å². The average molecular weight is 576 g/mol. The number of benzene rings is 2. The molecule has 1 atom stereocenters. The molecule has 210 valence electrons. The van der Waals surface area contributed by atoms with E-state index in [-0.39, 0.29) is 29.7 Å². The zero-order valence-electron chi connectivity index (χ0n) is 22.3. The molecular weight excluding hydrogens is 542 g/mol. The number of aromatic nitrogens is 1. The second kappa shape index (κ2) is 13.0. The number of thiazole rings is 1. The van der Waals surface area contributed by atoms with Gasteiger partial charge in [-0.15, -0.1) is 0 Å². The molecule has 1 saturated heterocycles. The smallest absolute Gasteiger partial charge is 0.338 e. The first-order chi connectivity index (χ1) is 18.7. The number of rotatable bonds is 11. The molecule has 0 radical (unpaired) electrons. The molecule has 1 fully saturated rings. The second-order valence-corrected chi connectivity index (χ2v) is 12.1. The Morgan fingerprint density at radius 3 is 2.54 bits per heavy atom. The average Bonchev–Trinajstić information content (AvgIpc) is 3.56. The number of likely N-dealkylation sites (N-methyl/N-ethyl adjacent to an activating group) is 1. The Morgan fingerprint density at radius 2 is 1.87 bits per heavy atom. The molecule has 1 aromatic heterocycles. The molecule has 0 spiro atoms. The lowest BCUT2D eigenvalue weighted by Crippen LogP contribution is -2.34. The van der Waals surface area contributed by atoms with Gasteiger partial charge in [0, 0.05) is 38.9 Å². The van der Waals surface area contributed by atoms with E-state index in [2.05, 4.69) is 4.99 Å². The maximum Gasteiger partial charge on any atom is 0.338 e. The van der Waals surface area contributed by atoms with Crippen molar-refractivity contribution in [3.05, 3.63) is 58.4 Å². The Morgan fingerprint density at radius 1 is 1.13 bits per heavy atom. The first kappa shape index (κ1) is 29.1. The van der Waals surface area contributed by atoms with E-state index in [4.69, 9.17) is 14.2 Å². The Balaban J connectivity index is 1.60. The van der Waals surface area contributed by atoms with E-state index in [0.29, 0.717) is 36.7 Å². The van der Waals surface area contributed by atoms with Gasteiger partial charge in [-0.25, -0.2) is 13.2 Å². The van der Waals surface area contributed by atoms with E-state index >= 15 is 0 Å². The van der Waals surface area contributed by atoms with Crippen LogP contribution in [-0.2, 0) is 30.8 Å². The third-order valence-electron chi connectivity index (χ3n) is 6.35. The minimum Gasteiger partial charge on any atom is -0.462 e. The summed E-state index contributed by atoms with van der Waals surface area (Å²) in [5.41, 5.74) is 1.49. The minimum absolute atomic E-state index is 0.0969. The third-order valence-corrected chi connectivity index (χ3v) is 9.23. The summed E-state index contributed by atoms with van der Waals surface area (Å²) in [5, 5.41) is 0. The number of esters is 1. The summed E-state index contributed by atoms with van der Waals surface area (Å²) < 4.78 is 46.1. The number of carbonyl (C=O) groups excluding carboxylic acids is 2. The molecule has 0 aliphatic carbocycles. The van der Waals surface area contributed by atoms with Gasteiger partial charge in [0.2, 0.25) is 10.0 Å². The highest BCUT2D eigenvalue weighted by Crippen LogP contribution is 2.22. The van der Waals surface area contributed by atoms with Crippen LogP contribution in [0.1, 0.15) is 47.4 Å². The molecule has 10 nitrogen and oxygen atoms in total. The Labute approximate surface area is 231 Å². The number of nitrogens with zero attached hydrogens (tertiary/aromatic N) is 3. The minimum atomic E-state index is -3.72. The van der Waals surface area contributed by atoms with Crippen molar-refractivity contribution >= 4 is 43.5 Å². The maximum atomic E-state index is 13.1. The third kappa shape index (κ3) is 6.82. The van der Waals surface area contributed by atoms with Crippen molar-refractivity contribution in [3.8, 4) is 0 Å². The lowest BCUT2D eigenvalue weighted by atomic mass is 10.2. The number of fused-ring (bicyclic) bond motifs is 1. The van der Waals surface area contributed by atoms with Gasteiger partial charge >= 0.3 is 5.97 Å². The van der Waals surface area contributed by atoms with Gasteiger partial charge in [-0.2, -0.15) is 9.30 Å². The van der Waals surface area contributed by atoms with Gasteiger partial charge in [0.25, 0.3) is 5.91 Å². The highest BCUT2D eigenvalue weighted by atomic mass is 32.2. The molecule has 1 amide bonds. The Hall–Kier alpha value is -2.90. The van der Waals surface area contributed by atoms with Crippen molar-refractivity contribution in [2.45, 2.75) is 44.2 Å². The quantitative estimate of drug-likeness (QED) is 0.254. The normalized spacial score (nSPS) is 16.3. The fourth-order valence-electron chi connectivity index (χ4n) is 4.29. The summed E-state index contributed by atoms with van der Waals surface area (Å²) in [4.78, 5) is 30.2. The molecule has 0 bridgehead atoms. The van der Waals surface area contributed by atoms with Crippen LogP contribution in [0.15, 0.2) is 52.4 Å². The largest absolute Gasteiger partial charge is 0.462 e. The van der Waals surface area contributed by atoms with E-state index in [0.717, 1.165) is 23.1 Å². The zero-order chi connectivity index (χ0) is 28.0. The molecule has 0 saturated carbocycles.